The third kappa shape index (κ3) is 4.15. The first kappa shape index (κ1) is 15.2. The number of aromatic nitrogens is 1. The van der Waals surface area contributed by atoms with Crippen LogP contribution in [0.5, 0.6) is 0 Å². The molecule has 1 aliphatic rings. The Balaban J connectivity index is 2.00. The summed E-state index contributed by atoms with van der Waals surface area (Å²) in [5.74, 6) is -2.63. The van der Waals surface area contributed by atoms with Gasteiger partial charge in [0.15, 0.2) is 0 Å². The molecule has 1 aliphatic heterocycles. The highest BCUT2D eigenvalue weighted by molar-refractivity contribution is 5.96. The van der Waals surface area contributed by atoms with Gasteiger partial charge in [0.2, 0.25) is 5.91 Å². The lowest BCUT2D eigenvalue weighted by Crippen LogP contribution is -2.35. The Morgan fingerprint density at radius 1 is 1.24 bits per heavy atom. The zero-order valence-corrected chi connectivity index (χ0v) is 10.8. The van der Waals surface area contributed by atoms with Gasteiger partial charge in [-0.3, -0.25) is 9.59 Å². The van der Waals surface area contributed by atoms with Gasteiger partial charge in [-0.25, -0.2) is 4.98 Å². The van der Waals surface area contributed by atoms with E-state index in [4.69, 9.17) is 0 Å². The monoisotopic (exact) mass is 302 g/mol. The molecule has 114 valence electrons. The molecule has 21 heavy (non-hydrogen) atoms. The minimum atomic E-state index is -4.99. The van der Waals surface area contributed by atoms with Gasteiger partial charge in [0, 0.05) is 0 Å². The minimum absolute atomic E-state index is 0.0775. The average molecular weight is 302 g/mol. The highest BCUT2D eigenvalue weighted by Gasteiger charge is 2.38. The zero-order valence-electron chi connectivity index (χ0n) is 10.8. The maximum absolute atomic E-state index is 12.1. The molecular formula is C12H13F3N4O2. The average Bonchev–Trinajstić information content (AvgIpc) is 2.91. The van der Waals surface area contributed by atoms with Crippen LogP contribution >= 0.6 is 0 Å². The van der Waals surface area contributed by atoms with Crippen molar-refractivity contribution in [1.82, 2.24) is 10.3 Å². The molecule has 2 rings (SSSR count). The normalized spacial score (nSPS) is 18.3. The molecule has 1 fully saturated rings. The predicted molar refractivity (Wildman–Crippen MR) is 68.6 cm³/mol. The Bertz CT molecular complexity index is 542. The predicted octanol–water partition coefficient (Wildman–Crippen LogP) is 1.27. The second-order valence-corrected chi connectivity index (χ2v) is 4.50. The Kier molecular flexibility index (Phi) is 4.41. The maximum Gasteiger partial charge on any atom is 0.471 e. The molecular weight excluding hydrogens is 289 g/mol. The SMILES string of the molecule is O=C(Nc1cccc(NC(=O)C(F)(F)F)n1)[C@@H]1CCCN1. The van der Waals surface area contributed by atoms with Crippen molar-refractivity contribution in [2.24, 2.45) is 0 Å². The highest BCUT2D eigenvalue weighted by atomic mass is 19.4. The summed E-state index contributed by atoms with van der Waals surface area (Å²) >= 11 is 0. The Hall–Kier alpha value is -2.16. The van der Waals surface area contributed by atoms with Crippen LogP contribution in [-0.4, -0.2) is 35.6 Å². The second kappa shape index (κ2) is 6.08. The van der Waals surface area contributed by atoms with E-state index in [1.165, 1.54) is 18.2 Å². The fourth-order valence-electron chi connectivity index (χ4n) is 1.88. The zero-order chi connectivity index (χ0) is 15.5. The van der Waals surface area contributed by atoms with Crippen molar-refractivity contribution in [2.45, 2.75) is 25.1 Å². The standard InChI is InChI=1S/C12H13F3N4O2/c13-12(14,15)11(21)19-9-5-1-4-8(17-9)18-10(20)7-3-2-6-16-7/h1,4-5,7,16H,2-3,6H2,(H2,17,18,19,20,21)/t7-/m0/s1. The molecule has 1 aromatic heterocycles. The largest absolute Gasteiger partial charge is 0.471 e. The molecule has 1 aromatic rings. The summed E-state index contributed by atoms with van der Waals surface area (Å²) in [6.07, 6.45) is -3.42. The van der Waals surface area contributed by atoms with Crippen molar-refractivity contribution >= 4 is 23.5 Å². The summed E-state index contributed by atoms with van der Waals surface area (Å²) in [5, 5.41) is 7.10. The molecule has 0 radical (unpaired) electrons. The first-order valence-electron chi connectivity index (χ1n) is 6.26. The Labute approximate surface area is 118 Å². The van der Waals surface area contributed by atoms with Gasteiger partial charge in [0.1, 0.15) is 11.6 Å². The number of carbonyl (C=O) groups excluding carboxylic acids is 2. The number of alkyl halides is 3. The first-order chi connectivity index (χ1) is 9.86. The number of hydrogen-bond acceptors (Lipinski definition) is 4. The van der Waals surface area contributed by atoms with Crippen LogP contribution in [-0.2, 0) is 9.59 Å². The van der Waals surface area contributed by atoms with Crippen LogP contribution < -0.4 is 16.0 Å². The fraction of sp³-hybridized carbons (Fsp3) is 0.417. The molecule has 0 aromatic carbocycles. The van der Waals surface area contributed by atoms with Crippen LogP contribution in [0.15, 0.2) is 18.2 Å². The molecule has 1 atom stereocenters. The van der Waals surface area contributed by atoms with Crippen LogP contribution in [0.25, 0.3) is 0 Å². The molecule has 9 heteroatoms. The number of nitrogens with one attached hydrogen (secondary N) is 3. The number of amides is 2. The molecule has 6 nitrogen and oxygen atoms in total. The number of halogens is 3. The molecule has 0 bridgehead atoms. The van der Waals surface area contributed by atoms with Gasteiger partial charge in [-0.1, -0.05) is 6.07 Å². The van der Waals surface area contributed by atoms with Gasteiger partial charge in [-0.2, -0.15) is 13.2 Å². The van der Waals surface area contributed by atoms with Gasteiger partial charge < -0.3 is 16.0 Å². The van der Waals surface area contributed by atoms with Gasteiger partial charge in [-0.15, -0.1) is 0 Å². The van der Waals surface area contributed by atoms with E-state index in [-0.39, 0.29) is 23.6 Å². The van der Waals surface area contributed by atoms with Crippen molar-refractivity contribution in [3.8, 4) is 0 Å². The summed E-state index contributed by atoms with van der Waals surface area (Å²) in [6, 6.07) is 3.68. The van der Waals surface area contributed by atoms with Crippen LogP contribution in [0.1, 0.15) is 12.8 Å². The van der Waals surface area contributed by atoms with Gasteiger partial charge in [0.25, 0.3) is 0 Å². The van der Waals surface area contributed by atoms with Crippen molar-refractivity contribution in [3.05, 3.63) is 18.2 Å². The third-order valence-electron chi connectivity index (χ3n) is 2.88. The van der Waals surface area contributed by atoms with Crippen molar-refractivity contribution in [3.63, 3.8) is 0 Å². The minimum Gasteiger partial charge on any atom is -0.309 e. The second-order valence-electron chi connectivity index (χ2n) is 4.50. The quantitative estimate of drug-likeness (QED) is 0.785. The number of anilines is 2. The third-order valence-corrected chi connectivity index (χ3v) is 2.88. The number of nitrogens with zero attached hydrogens (tertiary/aromatic N) is 1. The van der Waals surface area contributed by atoms with Gasteiger partial charge in [-0.05, 0) is 31.5 Å². The van der Waals surface area contributed by atoms with Crippen molar-refractivity contribution in [2.75, 3.05) is 17.2 Å². The van der Waals surface area contributed by atoms with E-state index in [9.17, 15) is 22.8 Å². The van der Waals surface area contributed by atoms with E-state index in [1.807, 2.05) is 0 Å². The molecule has 0 aliphatic carbocycles. The summed E-state index contributed by atoms with van der Waals surface area (Å²) in [6.45, 7) is 0.743. The first-order valence-corrected chi connectivity index (χ1v) is 6.26. The van der Waals surface area contributed by atoms with Gasteiger partial charge >= 0.3 is 12.1 Å². The van der Waals surface area contributed by atoms with Crippen LogP contribution in [0.4, 0.5) is 24.8 Å². The topological polar surface area (TPSA) is 83.1 Å². The smallest absolute Gasteiger partial charge is 0.309 e. The Morgan fingerprint density at radius 3 is 2.48 bits per heavy atom. The molecule has 0 unspecified atom stereocenters. The van der Waals surface area contributed by atoms with Gasteiger partial charge in [0.05, 0.1) is 6.04 Å². The van der Waals surface area contributed by atoms with Crippen LogP contribution in [0.3, 0.4) is 0 Å². The highest BCUT2D eigenvalue weighted by Crippen LogP contribution is 2.18. The molecule has 3 N–H and O–H groups in total. The summed E-state index contributed by atoms with van der Waals surface area (Å²) in [5.41, 5.74) is 0. The van der Waals surface area contributed by atoms with Crippen molar-refractivity contribution < 1.29 is 22.8 Å². The van der Waals surface area contributed by atoms with E-state index < -0.39 is 12.1 Å². The van der Waals surface area contributed by atoms with E-state index in [2.05, 4.69) is 15.6 Å². The fourth-order valence-corrected chi connectivity index (χ4v) is 1.88. The van der Waals surface area contributed by atoms with Crippen molar-refractivity contribution in [1.29, 1.82) is 0 Å². The maximum atomic E-state index is 12.1. The molecule has 2 amide bonds. The van der Waals surface area contributed by atoms with E-state index in [0.29, 0.717) is 6.42 Å². The van der Waals surface area contributed by atoms with E-state index in [0.717, 1.165) is 13.0 Å². The number of rotatable bonds is 3. The molecule has 0 saturated carbocycles. The molecule has 2 heterocycles. The number of carbonyl (C=O) groups is 2. The number of pyridine rings is 1. The Morgan fingerprint density at radius 2 is 1.90 bits per heavy atom. The lowest BCUT2D eigenvalue weighted by atomic mass is 10.2. The number of hydrogen-bond donors (Lipinski definition) is 3. The lowest BCUT2D eigenvalue weighted by molar-refractivity contribution is -0.167. The van der Waals surface area contributed by atoms with E-state index in [1.54, 1.807) is 5.32 Å². The summed E-state index contributed by atoms with van der Waals surface area (Å²) in [7, 11) is 0. The molecule has 1 saturated heterocycles. The van der Waals surface area contributed by atoms with Crippen LogP contribution in [0, 0.1) is 0 Å². The molecule has 0 spiro atoms. The summed E-state index contributed by atoms with van der Waals surface area (Å²) < 4.78 is 36.4. The van der Waals surface area contributed by atoms with Crippen LogP contribution in [0.2, 0.25) is 0 Å². The lowest BCUT2D eigenvalue weighted by Gasteiger charge is -2.12. The summed E-state index contributed by atoms with van der Waals surface area (Å²) in [4.78, 5) is 26.4. The van der Waals surface area contributed by atoms with E-state index >= 15 is 0 Å².